The SMILES string of the molecule is COCCCN1CCOc2ccc(CO[C@H]3CN(S(=O)(=O)c4ccc(C)cc4)[C@@H](CC(C)(C)C(=O)N=[N+]=[N-])C[C@@H]3c3ccc(COCCOC)cc3)cc21. The molecule has 2 aliphatic heterocycles. The molecule has 0 spiro atoms. The normalized spacial score (nSPS) is 19.1. The van der Waals surface area contributed by atoms with Crippen LogP contribution < -0.4 is 9.64 Å². The molecule has 3 aromatic carbocycles. The number of rotatable bonds is 18. The van der Waals surface area contributed by atoms with Crippen molar-refractivity contribution in [2.75, 3.05) is 65.2 Å². The number of fused-ring (bicyclic) bond motifs is 1. The first-order valence-electron chi connectivity index (χ1n) is 18.4. The van der Waals surface area contributed by atoms with Crippen LogP contribution in [0.2, 0.25) is 0 Å². The van der Waals surface area contributed by atoms with Gasteiger partial charge in [0.05, 0.1) is 49.7 Å². The summed E-state index contributed by atoms with van der Waals surface area (Å²) in [5.41, 5.74) is 12.8. The third-order valence-electron chi connectivity index (χ3n) is 10.2. The molecule has 1 saturated heterocycles. The van der Waals surface area contributed by atoms with Crippen molar-refractivity contribution in [2.45, 2.75) is 76.2 Å². The number of ether oxygens (including phenoxy) is 5. The van der Waals surface area contributed by atoms with Gasteiger partial charge in [0, 0.05) is 56.2 Å². The largest absolute Gasteiger partial charge is 0.490 e. The van der Waals surface area contributed by atoms with Gasteiger partial charge in [-0.25, -0.2) is 8.42 Å². The Bertz CT molecular complexity index is 1850. The fourth-order valence-corrected chi connectivity index (χ4v) is 8.80. The zero-order valence-corrected chi connectivity index (χ0v) is 32.8. The lowest BCUT2D eigenvalue weighted by Crippen LogP contribution is -2.53. The molecule has 2 heterocycles. The van der Waals surface area contributed by atoms with Crippen LogP contribution in [-0.4, -0.2) is 91.1 Å². The van der Waals surface area contributed by atoms with Crippen molar-refractivity contribution in [3.63, 3.8) is 0 Å². The van der Waals surface area contributed by atoms with E-state index >= 15 is 0 Å². The quantitative estimate of drug-likeness (QED) is 0.0591. The summed E-state index contributed by atoms with van der Waals surface area (Å²) in [4.78, 5) is 18.2. The minimum absolute atomic E-state index is 0.0520. The molecule has 292 valence electrons. The molecule has 54 heavy (non-hydrogen) atoms. The van der Waals surface area contributed by atoms with Crippen LogP contribution >= 0.6 is 0 Å². The van der Waals surface area contributed by atoms with Gasteiger partial charge in [0.15, 0.2) is 0 Å². The van der Waals surface area contributed by atoms with Crippen LogP contribution in [0.4, 0.5) is 5.69 Å². The highest BCUT2D eigenvalue weighted by atomic mass is 32.2. The van der Waals surface area contributed by atoms with E-state index in [1.807, 2.05) is 43.3 Å². The number of piperidine rings is 1. The van der Waals surface area contributed by atoms with E-state index in [0.29, 0.717) is 39.5 Å². The monoisotopic (exact) mass is 763 g/mol. The zero-order valence-electron chi connectivity index (χ0n) is 32.0. The molecular weight excluding hydrogens is 711 g/mol. The molecule has 0 unspecified atom stereocenters. The fraction of sp³-hybridized carbons (Fsp3) is 0.525. The van der Waals surface area contributed by atoms with Crippen LogP contribution in [0.25, 0.3) is 10.4 Å². The Morgan fingerprint density at radius 2 is 1.70 bits per heavy atom. The molecule has 14 heteroatoms. The van der Waals surface area contributed by atoms with Gasteiger partial charge < -0.3 is 28.6 Å². The summed E-state index contributed by atoms with van der Waals surface area (Å²) in [5.74, 6) is -0.0433. The summed E-state index contributed by atoms with van der Waals surface area (Å²) in [7, 11) is -0.699. The molecule has 2 aliphatic rings. The number of hydrogen-bond donors (Lipinski definition) is 0. The minimum Gasteiger partial charge on any atom is -0.490 e. The number of carbonyl (C=O) groups excluding carboxylic acids is 1. The summed E-state index contributed by atoms with van der Waals surface area (Å²) in [6.07, 6.45) is 0.869. The van der Waals surface area contributed by atoms with Gasteiger partial charge >= 0.3 is 0 Å². The van der Waals surface area contributed by atoms with Gasteiger partial charge in [-0.3, -0.25) is 4.79 Å². The number of carbonyl (C=O) groups is 1. The van der Waals surface area contributed by atoms with Gasteiger partial charge in [-0.15, -0.1) is 0 Å². The van der Waals surface area contributed by atoms with E-state index in [-0.39, 0.29) is 30.4 Å². The maximum absolute atomic E-state index is 14.5. The van der Waals surface area contributed by atoms with Crippen molar-refractivity contribution in [1.29, 1.82) is 0 Å². The number of sulfonamides is 1. The average molecular weight is 764 g/mol. The molecule has 0 aromatic heterocycles. The van der Waals surface area contributed by atoms with E-state index in [4.69, 9.17) is 29.2 Å². The Balaban J connectivity index is 1.48. The molecule has 13 nitrogen and oxygen atoms in total. The van der Waals surface area contributed by atoms with Gasteiger partial charge in [-0.05, 0) is 77.8 Å². The molecule has 5 rings (SSSR count). The lowest BCUT2D eigenvalue weighted by atomic mass is 9.77. The molecule has 1 amide bonds. The number of benzene rings is 3. The minimum atomic E-state index is -4.03. The first-order chi connectivity index (χ1) is 26.0. The number of amides is 1. The molecule has 0 saturated carbocycles. The number of azide groups is 1. The van der Waals surface area contributed by atoms with E-state index in [2.05, 4.69) is 21.0 Å². The van der Waals surface area contributed by atoms with Crippen LogP contribution in [0.3, 0.4) is 0 Å². The second kappa shape index (κ2) is 19.0. The fourth-order valence-electron chi connectivity index (χ4n) is 7.15. The van der Waals surface area contributed by atoms with Crippen LogP contribution in [0.1, 0.15) is 61.3 Å². The van der Waals surface area contributed by atoms with E-state index in [0.717, 1.165) is 53.2 Å². The van der Waals surface area contributed by atoms with Crippen molar-refractivity contribution in [3.05, 3.63) is 99.4 Å². The maximum Gasteiger partial charge on any atom is 0.243 e. The molecule has 1 fully saturated rings. The second-order valence-electron chi connectivity index (χ2n) is 14.6. The van der Waals surface area contributed by atoms with E-state index in [1.54, 1.807) is 52.3 Å². The zero-order chi connectivity index (χ0) is 38.7. The summed E-state index contributed by atoms with van der Waals surface area (Å²) in [6.45, 7) is 9.87. The van der Waals surface area contributed by atoms with Crippen molar-refractivity contribution in [2.24, 2.45) is 10.5 Å². The van der Waals surface area contributed by atoms with Gasteiger partial charge in [-0.1, -0.05) is 61.9 Å². The van der Waals surface area contributed by atoms with Gasteiger partial charge in [0.25, 0.3) is 0 Å². The highest BCUT2D eigenvalue weighted by Crippen LogP contribution is 2.42. The number of anilines is 1. The highest BCUT2D eigenvalue weighted by molar-refractivity contribution is 7.89. The standard InChI is InChI=1S/C40H53N5O8S/c1-29-7-14-34(15-8-29)54(47,48)45-26-38(53-28-31-11-16-37-36(23-31)44(18-20-52-37)17-6-19-49-4)35(24-33(45)25-40(2,3)39(46)42-43-41)32-12-9-30(10-13-32)27-51-22-21-50-5/h7-16,23,33,35,38H,6,17-22,24-28H2,1-5H3/t33-,35-,38+/m1/s1. The first kappa shape index (κ1) is 41.2. The van der Waals surface area contributed by atoms with E-state index < -0.39 is 33.5 Å². The van der Waals surface area contributed by atoms with Gasteiger partial charge in [0.2, 0.25) is 15.9 Å². The predicted molar refractivity (Wildman–Crippen MR) is 206 cm³/mol. The third kappa shape index (κ3) is 10.4. The topological polar surface area (TPSA) is 153 Å². The van der Waals surface area contributed by atoms with Crippen LogP contribution in [0.15, 0.2) is 76.7 Å². The number of nitrogens with zero attached hydrogens (tertiary/aromatic N) is 5. The van der Waals surface area contributed by atoms with Crippen molar-refractivity contribution >= 4 is 21.6 Å². The lowest BCUT2D eigenvalue weighted by Gasteiger charge is -2.45. The molecule has 3 aromatic rings. The smallest absolute Gasteiger partial charge is 0.243 e. The van der Waals surface area contributed by atoms with Crippen LogP contribution in [0, 0.1) is 12.3 Å². The Hall–Kier alpha value is -4.01. The number of aryl methyl sites for hydroxylation is 1. The third-order valence-corrected chi connectivity index (χ3v) is 12.1. The highest BCUT2D eigenvalue weighted by Gasteiger charge is 2.45. The number of hydrogen-bond acceptors (Lipinski definition) is 9. The molecule has 0 bridgehead atoms. The van der Waals surface area contributed by atoms with Crippen molar-refractivity contribution in [3.8, 4) is 5.75 Å². The molecule has 0 aliphatic carbocycles. The van der Waals surface area contributed by atoms with Gasteiger partial charge in [0.1, 0.15) is 12.4 Å². The predicted octanol–water partition coefficient (Wildman–Crippen LogP) is 6.78. The summed E-state index contributed by atoms with van der Waals surface area (Å²) in [5, 5.41) is 3.39. The maximum atomic E-state index is 14.5. The summed E-state index contributed by atoms with van der Waals surface area (Å²) in [6, 6.07) is 20.3. The van der Waals surface area contributed by atoms with Gasteiger partial charge in [-0.2, -0.15) is 4.31 Å². The second-order valence-corrected chi connectivity index (χ2v) is 16.5. The summed E-state index contributed by atoms with van der Waals surface area (Å²) >= 11 is 0. The lowest BCUT2D eigenvalue weighted by molar-refractivity contribution is -0.127. The van der Waals surface area contributed by atoms with Crippen LogP contribution in [0.5, 0.6) is 5.75 Å². The molecule has 3 atom stereocenters. The Morgan fingerprint density at radius 1 is 0.981 bits per heavy atom. The Morgan fingerprint density at radius 3 is 2.41 bits per heavy atom. The number of methoxy groups -OCH3 is 2. The van der Waals surface area contributed by atoms with Crippen molar-refractivity contribution in [1.82, 2.24) is 4.31 Å². The summed E-state index contributed by atoms with van der Waals surface area (Å²) < 4.78 is 59.3. The van der Waals surface area contributed by atoms with E-state index in [1.165, 1.54) is 4.31 Å². The first-order valence-corrected chi connectivity index (χ1v) is 19.9. The van der Waals surface area contributed by atoms with Crippen LogP contribution in [-0.2, 0) is 47.0 Å². The van der Waals surface area contributed by atoms with Crippen molar-refractivity contribution < 1.29 is 36.9 Å². The Kier molecular flexibility index (Phi) is 14.5. The van der Waals surface area contributed by atoms with E-state index in [9.17, 15) is 13.2 Å². The molecule has 0 N–H and O–H groups in total. The molecular formula is C40H53N5O8S. The Labute approximate surface area is 319 Å². The average Bonchev–Trinajstić information content (AvgIpc) is 3.16. The molecule has 0 radical (unpaired) electrons.